The van der Waals surface area contributed by atoms with Gasteiger partial charge in [-0.05, 0) is 18.4 Å². The lowest BCUT2D eigenvalue weighted by atomic mass is 9.90. The van der Waals surface area contributed by atoms with Crippen molar-refractivity contribution in [3.8, 4) is 0 Å². The van der Waals surface area contributed by atoms with Crippen LogP contribution in [0.3, 0.4) is 0 Å². The molecule has 5 heteroatoms. The number of benzene rings is 1. The van der Waals surface area contributed by atoms with Crippen molar-refractivity contribution in [2.75, 3.05) is 32.8 Å². The van der Waals surface area contributed by atoms with E-state index in [1.54, 1.807) is 0 Å². The second-order valence-electron chi connectivity index (χ2n) is 7.36. The van der Waals surface area contributed by atoms with Crippen LogP contribution in [0.1, 0.15) is 37.7 Å². The number of amides is 1. The highest BCUT2D eigenvalue weighted by molar-refractivity contribution is 5.77. The smallest absolute Gasteiger partial charge is 0.221 e. The van der Waals surface area contributed by atoms with Gasteiger partial charge in [0.2, 0.25) is 5.91 Å². The van der Waals surface area contributed by atoms with E-state index in [0.29, 0.717) is 19.4 Å². The molecule has 1 aromatic rings. The molecule has 2 fully saturated rings. The molecule has 1 aliphatic carbocycles. The van der Waals surface area contributed by atoms with Crippen LogP contribution in [0.5, 0.6) is 0 Å². The van der Waals surface area contributed by atoms with Gasteiger partial charge in [-0.25, -0.2) is 0 Å². The van der Waals surface area contributed by atoms with Crippen molar-refractivity contribution >= 4 is 5.91 Å². The largest absolute Gasteiger partial charge is 0.391 e. The molecule has 0 radical (unpaired) electrons. The molecule has 0 bridgehead atoms. The summed E-state index contributed by atoms with van der Waals surface area (Å²) in [6, 6.07) is 9.89. The molecule has 2 N–H and O–H groups in total. The van der Waals surface area contributed by atoms with Crippen molar-refractivity contribution in [1.29, 1.82) is 0 Å². The number of nitrogens with zero attached hydrogens (tertiary/aromatic N) is 1. The topological polar surface area (TPSA) is 61.8 Å². The van der Waals surface area contributed by atoms with Gasteiger partial charge in [-0.3, -0.25) is 9.69 Å². The minimum Gasteiger partial charge on any atom is -0.391 e. The number of hydrogen-bond acceptors (Lipinski definition) is 4. The summed E-state index contributed by atoms with van der Waals surface area (Å²) in [5.41, 5.74) is 1.09. The summed E-state index contributed by atoms with van der Waals surface area (Å²) in [5, 5.41) is 13.1. The van der Waals surface area contributed by atoms with E-state index in [1.165, 1.54) is 12.8 Å². The monoisotopic (exact) mass is 346 g/mol. The number of hydrogen-bond donors (Lipinski definition) is 2. The fourth-order valence-corrected chi connectivity index (χ4v) is 4.23. The molecule has 25 heavy (non-hydrogen) atoms. The molecular weight excluding hydrogens is 316 g/mol. The van der Waals surface area contributed by atoms with E-state index in [2.05, 4.69) is 10.2 Å². The van der Waals surface area contributed by atoms with Gasteiger partial charge in [-0.2, -0.15) is 0 Å². The van der Waals surface area contributed by atoms with Crippen molar-refractivity contribution in [3.05, 3.63) is 35.9 Å². The molecular formula is C20H30N2O3. The molecule has 3 rings (SSSR count). The molecule has 138 valence electrons. The maximum absolute atomic E-state index is 12.5. The first-order valence-electron chi connectivity index (χ1n) is 9.49. The van der Waals surface area contributed by atoms with Gasteiger partial charge in [0.15, 0.2) is 0 Å². The predicted octanol–water partition coefficient (Wildman–Crippen LogP) is 1.74. The van der Waals surface area contributed by atoms with Crippen LogP contribution in [0.2, 0.25) is 0 Å². The number of morpholine rings is 1. The van der Waals surface area contributed by atoms with Crippen LogP contribution < -0.4 is 5.32 Å². The number of nitrogens with one attached hydrogen (secondary N) is 1. The van der Waals surface area contributed by atoms with Crippen molar-refractivity contribution in [3.63, 3.8) is 0 Å². The summed E-state index contributed by atoms with van der Waals surface area (Å²) in [6.45, 7) is 3.68. The SMILES string of the molecule is O=C(CC1(N2CCOCC2)CCCC1)NC[C@H](O)Cc1ccccc1. The Bertz CT molecular complexity index is 537. The average Bonchev–Trinajstić information content (AvgIpc) is 3.11. The summed E-state index contributed by atoms with van der Waals surface area (Å²) in [6.07, 6.45) is 5.12. The Hall–Kier alpha value is -1.43. The Labute approximate surface area is 150 Å². The fraction of sp³-hybridized carbons (Fsp3) is 0.650. The minimum atomic E-state index is -0.547. The quantitative estimate of drug-likeness (QED) is 0.789. The molecule has 1 atom stereocenters. The van der Waals surface area contributed by atoms with E-state index in [4.69, 9.17) is 4.74 Å². The van der Waals surface area contributed by atoms with E-state index in [9.17, 15) is 9.90 Å². The first-order valence-corrected chi connectivity index (χ1v) is 9.49. The van der Waals surface area contributed by atoms with Crippen LogP contribution in [-0.2, 0) is 16.0 Å². The molecule has 1 aliphatic heterocycles. The standard InChI is InChI=1S/C20H30N2O3/c23-18(14-17-6-2-1-3-7-17)16-21-19(24)15-20(8-4-5-9-20)22-10-12-25-13-11-22/h1-3,6-7,18,23H,4-5,8-16H2,(H,21,24)/t18-/m1/s1. The summed E-state index contributed by atoms with van der Waals surface area (Å²) in [4.78, 5) is 15.0. The van der Waals surface area contributed by atoms with Crippen molar-refractivity contribution in [2.24, 2.45) is 0 Å². The third-order valence-corrected chi connectivity index (χ3v) is 5.55. The van der Waals surface area contributed by atoms with Gasteiger partial charge < -0.3 is 15.2 Å². The van der Waals surface area contributed by atoms with Gasteiger partial charge >= 0.3 is 0 Å². The lowest BCUT2D eigenvalue weighted by molar-refractivity contribution is -0.125. The van der Waals surface area contributed by atoms with E-state index >= 15 is 0 Å². The lowest BCUT2D eigenvalue weighted by Crippen LogP contribution is -2.54. The Kier molecular flexibility index (Phi) is 6.45. The fourth-order valence-electron chi connectivity index (χ4n) is 4.23. The van der Waals surface area contributed by atoms with Crippen LogP contribution in [0.4, 0.5) is 0 Å². The summed E-state index contributed by atoms with van der Waals surface area (Å²) in [5.74, 6) is 0.0560. The van der Waals surface area contributed by atoms with Gasteiger partial charge in [0.25, 0.3) is 0 Å². The van der Waals surface area contributed by atoms with Gasteiger partial charge in [-0.15, -0.1) is 0 Å². The molecule has 1 aromatic carbocycles. The summed E-state index contributed by atoms with van der Waals surface area (Å²) < 4.78 is 5.47. The molecule has 0 unspecified atom stereocenters. The predicted molar refractivity (Wildman–Crippen MR) is 97.4 cm³/mol. The first-order chi connectivity index (χ1) is 12.2. The Balaban J connectivity index is 1.48. The third kappa shape index (κ3) is 5.03. The molecule has 1 amide bonds. The number of ether oxygens (including phenoxy) is 1. The van der Waals surface area contributed by atoms with Gasteiger partial charge in [-0.1, -0.05) is 43.2 Å². The van der Waals surface area contributed by atoms with Crippen LogP contribution in [0.15, 0.2) is 30.3 Å². The Morgan fingerprint density at radius 2 is 1.88 bits per heavy atom. The van der Waals surface area contributed by atoms with Crippen LogP contribution in [-0.4, -0.2) is 60.4 Å². The van der Waals surface area contributed by atoms with Crippen molar-refractivity contribution in [1.82, 2.24) is 10.2 Å². The lowest BCUT2D eigenvalue weighted by Gasteiger charge is -2.43. The zero-order valence-electron chi connectivity index (χ0n) is 15.0. The number of aliphatic hydroxyl groups is 1. The van der Waals surface area contributed by atoms with Gasteiger partial charge in [0.1, 0.15) is 0 Å². The highest BCUT2D eigenvalue weighted by atomic mass is 16.5. The average molecular weight is 346 g/mol. The number of carbonyl (C=O) groups excluding carboxylic acids is 1. The first kappa shape index (κ1) is 18.4. The van der Waals surface area contributed by atoms with Crippen molar-refractivity contribution < 1.29 is 14.6 Å². The van der Waals surface area contributed by atoms with Gasteiger partial charge in [0, 0.05) is 38.0 Å². The number of rotatable bonds is 7. The highest BCUT2D eigenvalue weighted by Crippen LogP contribution is 2.38. The molecule has 1 saturated heterocycles. The highest BCUT2D eigenvalue weighted by Gasteiger charge is 2.41. The van der Waals surface area contributed by atoms with E-state index < -0.39 is 6.10 Å². The zero-order chi connectivity index (χ0) is 17.5. The maximum atomic E-state index is 12.5. The van der Waals surface area contributed by atoms with Crippen LogP contribution >= 0.6 is 0 Å². The molecule has 0 aromatic heterocycles. The Morgan fingerprint density at radius 3 is 2.56 bits per heavy atom. The van der Waals surface area contributed by atoms with E-state index in [0.717, 1.165) is 44.7 Å². The molecule has 1 saturated carbocycles. The van der Waals surface area contributed by atoms with Gasteiger partial charge in [0.05, 0.1) is 19.3 Å². The molecule has 0 spiro atoms. The zero-order valence-corrected chi connectivity index (χ0v) is 15.0. The third-order valence-electron chi connectivity index (χ3n) is 5.55. The second-order valence-corrected chi connectivity index (χ2v) is 7.36. The van der Waals surface area contributed by atoms with E-state index in [-0.39, 0.29) is 11.4 Å². The molecule has 5 nitrogen and oxygen atoms in total. The second kappa shape index (κ2) is 8.79. The number of carbonyl (C=O) groups is 1. The summed E-state index contributed by atoms with van der Waals surface area (Å²) >= 11 is 0. The molecule has 2 aliphatic rings. The van der Waals surface area contributed by atoms with E-state index in [1.807, 2.05) is 30.3 Å². The maximum Gasteiger partial charge on any atom is 0.221 e. The minimum absolute atomic E-state index is 0.00174. The van der Waals surface area contributed by atoms with Crippen LogP contribution in [0, 0.1) is 0 Å². The summed E-state index contributed by atoms with van der Waals surface area (Å²) in [7, 11) is 0. The Morgan fingerprint density at radius 1 is 1.20 bits per heavy atom. The normalized spacial score (nSPS) is 21.8. The van der Waals surface area contributed by atoms with Crippen molar-refractivity contribution in [2.45, 2.75) is 50.2 Å². The number of aliphatic hydroxyl groups excluding tert-OH is 1. The molecule has 1 heterocycles. The van der Waals surface area contributed by atoms with Crippen LogP contribution in [0.25, 0.3) is 0 Å².